The van der Waals surface area contributed by atoms with Gasteiger partial charge in [-0.05, 0) is 29.2 Å². The van der Waals surface area contributed by atoms with E-state index in [1.807, 2.05) is 43.3 Å². The zero-order valence-electron chi connectivity index (χ0n) is 16.2. The maximum Gasteiger partial charge on any atom is 0.346 e. The highest BCUT2D eigenvalue weighted by Crippen LogP contribution is 2.51. The van der Waals surface area contributed by atoms with Crippen LogP contribution in [0.25, 0.3) is 11.1 Å². The van der Waals surface area contributed by atoms with E-state index in [-0.39, 0.29) is 18.1 Å². The summed E-state index contributed by atoms with van der Waals surface area (Å²) in [4.78, 5) is 19.4. The van der Waals surface area contributed by atoms with Crippen molar-refractivity contribution >= 4 is 11.7 Å². The Kier molecular flexibility index (Phi) is 4.49. The monoisotopic (exact) mass is 382 g/mol. The molecule has 0 radical (unpaired) electrons. The highest BCUT2D eigenvalue weighted by Gasteiger charge is 2.61. The van der Waals surface area contributed by atoms with Gasteiger partial charge in [0.05, 0.1) is 24.4 Å². The van der Waals surface area contributed by atoms with Gasteiger partial charge < -0.3 is 4.74 Å². The van der Waals surface area contributed by atoms with Gasteiger partial charge in [-0.3, -0.25) is 9.89 Å². The second-order valence-corrected chi connectivity index (χ2v) is 7.33. The molecule has 2 heterocycles. The van der Waals surface area contributed by atoms with Crippen molar-refractivity contribution in [3.63, 3.8) is 0 Å². The van der Waals surface area contributed by atoms with Crippen molar-refractivity contribution in [3.05, 3.63) is 96.1 Å². The van der Waals surface area contributed by atoms with Crippen LogP contribution < -0.4 is 0 Å². The van der Waals surface area contributed by atoms with Crippen LogP contribution in [0.2, 0.25) is 0 Å². The van der Waals surface area contributed by atoms with Crippen molar-refractivity contribution in [1.29, 1.82) is 0 Å². The number of fused-ring (bicyclic) bond motifs is 1. The summed E-state index contributed by atoms with van der Waals surface area (Å²) in [6, 6.07) is 29.4. The predicted molar refractivity (Wildman–Crippen MR) is 114 cm³/mol. The second kappa shape index (κ2) is 7.30. The molecule has 5 rings (SSSR count). The van der Waals surface area contributed by atoms with E-state index < -0.39 is 6.17 Å². The van der Waals surface area contributed by atoms with Crippen LogP contribution in [0.1, 0.15) is 24.1 Å². The number of carbonyl (C=O) groups excluding carboxylic acids is 1. The van der Waals surface area contributed by atoms with E-state index >= 15 is 0 Å². The summed E-state index contributed by atoms with van der Waals surface area (Å²) in [5, 5.41) is 0. The number of nitrogens with zero attached hydrogens (tertiary/aromatic N) is 2. The van der Waals surface area contributed by atoms with Gasteiger partial charge in [0.1, 0.15) is 0 Å². The van der Waals surface area contributed by atoms with Crippen LogP contribution in [0.3, 0.4) is 0 Å². The van der Waals surface area contributed by atoms with Crippen molar-refractivity contribution in [2.75, 3.05) is 6.61 Å². The number of rotatable bonds is 5. The Labute approximate surface area is 170 Å². The molecule has 0 N–H and O–H groups in total. The largest absolute Gasteiger partial charge is 0.463 e. The summed E-state index contributed by atoms with van der Waals surface area (Å²) in [5.41, 5.74) is 5.63. The molecule has 0 spiro atoms. The van der Waals surface area contributed by atoms with Crippen LogP contribution in [-0.2, 0) is 9.53 Å². The average molecular weight is 382 g/mol. The number of hydrogen-bond acceptors (Lipinski definition) is 4. The Hall–Kier alpha value is -3.24. The molecular weight excluding hydrogens is 360 g/mol. The highest BCUT2D eigenvalue weighted by molar-refractivity contribution is 6.10. The average Bonchev–Trinajstić information content (AvgIpc) is 3.38. The molecule has 3 aromatic carbocycles. The smallest absolute Gasteiger partial charge is 0.346 e. The third kappa shape index (κ3) is 3.15. The first-order chi connectivity index (χ1) is 14.3. The van der Waals surface area contributed by atoms with Crippen LogP contribution >= 0.6 is 0 Å². The quantitative estimate of drug-likeness (QED) is 0.483. The second-order valence-electron chi connectivity index (χ2n) is 7.33. The molecule has 2 aliphatic rings. The summed E-state index contributed by atoms with van der Waals surface area (Å²) in [5.74, 6) is -0.271. The number of esters is 1. The molecule has 29 heavy (non-hydrogen) atoms. The van der Waals surface area contributed by atoms with Gasteiger partial charge in [0, 0.05) is 0 Å². The molecular formula is C25H22N2O2. The van der Waals surface area contributed by atoms with Crippen LogP contribution in [-0.4, -0.2) is 35.4 Å². The van der Waals surface area contributed by atoms with Crippen molar-refractivity contribution in [2.45, 2.75) is 25.2 Å². The van der Waals surface area contributed by atoms with E-state index in [0.29, 0.717) is 6.61 Å². The van der Waals surface area contributed by atoms with Crippen LogP contribution in [0.4, 0.5) is 0 Å². The number of benzene rings is 3. The van der Waals surface area contributed by atoms with E-state index in [9.17, 15) is 4.79 Å². The molecule has 4 unspecified atom stereocenters. The Balaban J connectivity index is 1.45. The van der Waals surface area contributed by atoms with Crippen molar-refractivity contribution in [3.8, 4) is 11.1 Å². The SMILES string of the molecule is CCOC(=O)C1N=C(c2ccccc2)C2C(c3ccc(-c4ccccc4)cc3)N12. The lowest BCUT2D eigenvalue weighted by Crippen LogP contribution is -2.28. The first kappa shape index (κ1) is 17.8. The molecule has 1 fully saturated rings. The Morgan fingerprint density at radius 3 is 2.03 bits per heavy atom. The molecule has 2 aliphatic heterocycles. The molecule has 4 atom stereocenters. The third-order valence-electron chi connectivity index (χ3n) is 5.60. The highest BCUT2D eigenvalue weighted by atomic mass is 16.5. The molecule has 4 heteroatoms. The fraction of sp³-hybridized carbons (Fsp3) is 0.200. The molecule has 0 aliphatic carbocycles. The zero-order chi connectivity index (χ0) is 19.8. The predicted octanol–water partition coefficient (Wildman–Crippen LogP) is 4.47. The molecule has 144 valence electrons. The van der Waals surface area contributed by atoms with Crippen LogP contribution in [0, 0.1) is 0 Å². The van der Waals surface area contributed by atoms with Gasteiger partial charge >= 0.3 is 5.97 Å². The fourth-order valence-electron chi connectivity index (χ4n) is 4.22. The van der Waals surface area contributed by atoms with E-state index in [0.717, 1.165) is 11.3 Å². The number of carbonyl (C=O) groups is 1. The summed E-state index contributed by atoms with van der Waals surface area (Å²) in [6.45, 7) is 2.19. The first-order valence-electron chi connectivity index (χ1n) is 10.0. The Bertz CT molecular complexity index is 1050. The molecule has 0 amide bonds. The first-order valence-corrected chi connectivity index (χ1v) is 10.0. The zero-order valence-corrected chi connectivity index (χ0v) is 16.2. The van der Waals surface area contributed by atoms with Gasteiger partial charge in [-0.2, -0.15) is 0 Å². The Morgan fingerprint density at radius 1 is 0.828 bits per heavy atom. The number of ether oxygens (including phenoxy) is 1. The van der Waals surface area contributed by atoms with Gasteiger partial charge in [-0.15, -0.1) is 0 Å². The lowest BCUT2D eigenvalue weighted by atomic mass is 9.99. The van der Waals surface area contributed by atoms with Crippen molar-refractivity contribution < 1.29 is 9.53 Å². The number of aliphatic imine (C=N–C) groups is 1. The standard InChI is InChI=1S/C25H22N2O2/c1-2-29-25(28)24-26-21(19-11-7-4-8-12-19)23-22(27(23)24)20-15-13-18(14-16-20)17-9-5-3-6-10-17/h3-16,22-24H,2H2,1H3. The molecule has 4 nitrogen and oxygen atoms in total. The molecule has 0 aromatic heterocycles. The van der Waals surface area contributed by atoms with E-state index in [4.69, 9.17) is 9.73 Å². The fourth-order valence-corrected chi connectivity index (χ4v) is 4.22. The number of hydrogen-bond donors (Lipinski definition) is 0. The minimum Gasteiger partial charge on any atom is -0.463 e. The summed E-state index contributed by atoms with van der Waals surface area (Å²) in [6.07, 6.45) is -0.561. The van der Waals surface area contributed by atoms with Crippen molar-refractivity contribution in [1.82, 2.24) is 4.90 Å². The van der Waals surface area contributed by atoms with Gasteiger partial charge in [-0.1, -0.05) is 84.9 Å². The van der Waals surface area contributed by atoms with Gasteiger partial charge in [-0.25, -0.2) is 4.79 Å². The minimum atomic E-state index is -0.561. The van der Waals surface area contributed by atoms with Crippen LogP contribution in [0.5, 0.6) is 0 Å². The van der Waals surface area contributed by atoms with E-state index in [2.05, 4.69) is 53.4 Å². The normalized spacial score (nSPS) is 24.5. The molecule has 0 bridgehead atoms. The maximum absolute atomic E-state index is 12.5. The summed E-state index contributed by atoms with van der Waals surface area (Å²) in [7, 11) is 0. The molecule has 1 saturated heterocycles. The molecule has 0 saturated carbocycles. The van der Waals surface area contributed by atoms with E-state index in [1.165, 1.54) is 16.7 Å². The van der Waals surface area contributed by atoms with Crippen molar-refractivity contribution in [2.24, 2.45) is 4.99 Å². The lowest BCUT2D eigenvalue weighted by molar-refractivity contribution is -0.147. The minimum absolute atomic E-state index is 0.120. The van der Waals surface area contributed by atoms with Gasteiger partial charge in [0.15, 0.2) is 0 Å². The van der Waals surface area contributed by atoms with Gasteiger partial charge in [0.2, 0.25) is 6.17 Å². The molecule has 3 aromatic rings. The van der Waals surface area contributed by atoms with Gasteiger partial charge in [0.25, 0.3) is 0 Å². The summed E-state index contributed by atoms with van der Waals surface area (Å²) >= 11 is 0. The Morgan fingerprint density at radius 2 is 1.41 bits per heavy atom. The third-order valence-corrected chi connectivity index (χ3v) is 5.60. The topological polar surface area (TPSA) is 41.7 Å². The lowest BCUT2D eigenvalue weighted by Gasteiger charge is -2.13. The summed E-state index contributed by atoms with van der Waals surface area (Å²) < 4.78 is 5.28. The van der Waals surface area contributed by atoms with Crippen LogP contribution in [0.15, 0.2) is 89.9 Å². The maximum atomic E-state index is 12.5. The van der Waals surface area contributed by atoms with E-state index in [1.54, 1.807) is 0 Å².